The van der Waals surface area contributed by atoms with Crippen molar-refractivity contribution in [3.8, 4) is 0 Å². The van der Waals surface area contributed by atoms with Gasteiger partial charge in [0.05, 0.1) is 13.2 Å². The van der Waals surface area contributed by atoms with Crippen molar-refractivity contribution < 1.29 is 18.4 Å². The van der Waals surface area contributed by atoms with Crippen LogP contribution < -0.4 is 0 Å². The third kappa shape index (κ3) is 3.16. The van der Waals surface area contributed by atoms with Crippen LogP contribution in [0.25, 0.3) is 0 Å². The maximum atomic E-state index is 12.0. The predicted octanol–water partition coefficient (Wildman–Crippen LogP) is 3.36. The van der Waals surface area contributed by atoms with E-state index in [2.05, 4.69) is 0 Å². The average Bonchev–Trinajstić information content (AvgIpc) is 2.30. The first-order valence-corrected chi connectivity index (χ1v) is 7.42. The Labute approximate surface area is 97.2 Å². The minimum absolute atomic E-state index is 0.112. The SMILES string of the molecule is CCCCC(=O)P1(=O)OCC(C)(CC)CO1. The fraction of sp³-hybridized carbons (Fsp3) is 0.909. The maximum absolute atomic E-state index is 12.0. The van der Waals surface area contributed by atoms with Gasteiger partial charge in [0.1, 0.15) is 0 Å². The Hall–Kier alpha value is -0.180. The van der Waals surface area contributed by atoms with Gasteiger partial charge in [-0.15, -0.1) is 0 Å². The molecule has 0 aromatic carbocycles. The highest BCUT2D eigenvalue weighted by Crippen LogP contribution is 2.55. The van der Waals surface area contributed by atoms with Crippen LogP contribution in [0.15, 0.2) is 0 Å². The minimum Gasteiger partial charge on any atom is -0.303 e. The van der Waals surface area contributed by atoms with E-state index >= 15 is 0 Å². The number of carbonyl (C=O) groups is 1. The van der Waals surface area contributed by atoms with Crippen molar-refractivity contribution in [1.82, 2.24) is 0 Å². The Morgan fingerprint density at radius 3 is 2.31 bits per heavy atom. The molecule has 1 aliphatic heterocycles. The minimum atomic E-state index is -3.47. The van der Waals surface area contributed by atoms with Gasteiger partial charge in [-0.1, -0.05) is 27.2 Å². The second-order valence-corrected chi connectivity index (χ2v) is 6.72. The molecule has 5 heteroatoms. The number of hydrogen-bond acceptors (Lipinski definition) is 4. The van der Waals surface area contributed by atoms with Crippen LogP contribution in [-0.4, -0.2) is 18.7 Å². The summed E-state index contributed by atoms with van der Waals surface area (Å²) in [5.74, 6) is 0. The Morgan fingerprint density at radius 2 is 1.88 bits per heavy atom. The van der Waals surface area contributed by atoms with E-state index < -0.39 is 7.60 Å². The molecule has 1 aliphatic rings. The van der Waals surface area contributed by atoms with Gasteiger partial charge in [0.2, 0.25) is 5.52 Å². The molecule has 0 atom stereocenters. The van der Waals surface area contributed by atoms with Crippen LogP contribution in [0.4, 0.5) is 0 Å². The van der Waals surface area contributed by atoms with Crippen LogP contribution in [0.5, 0.6) is 0 Å². The number of rotatable bonds is 5. The summed E-state index contributed by atoms with van der Waals surface area (Å²) in [5, 5.41) is 0. The van der Waals surface area contributed by atoms with Gasteiger partial charge in [-0.2, -0.15) is 0 Å². The van der Waals surface area contributed by atoms with E-state index in [9.17, 15) is 9.36 Å². The van der Waals surface area contributed by atoms with Gasteiger partial charge in [-0.3, -0.25) is 9.36 Å². The van der Waals surface area contributed by atoms with Crippen LogP contribution in [-0.2, 0) is 18.4 Å². The van der Waals surface area contributed by atoms with E-state index in [0.29, 0.717) is 13.2 Å². The number of unbranched alkanes of at least 4 members (excludes halogenated alkanes) is 1. The zero-order valence-corrected chi connectivity index (χ0v) is 11.2. The monoisotopic (exact) mass is 248 g/mol. The lowest BCUT2D eigenvalue weighted by atomic mass is 9.90. The summed E-state index contributed by atoms with van der Waals surface area (Å²) in [6.07, 6.45) is 2.81. The summed E-state index contributed by atoms with van der Waals surface area (Å²) in [4.78, 5) is 11.7. The molecule has 1 fully saturated rings. The van der Waals surface area contributed by atoms with Gasteiger partial charge in [0, 0.05) is 11.8 Å². The number of carbonyl (C=O) groups excluding carboxylic acids is 1. The molecule has 0 spiro atoms. The van der Waals surface area contributed by atoms with Crippen LogP contribution in [0.3, 0.4) is 0 Å². The summed E-state index contributed by atoms with van der Waals surface area (Å²) in [6.45, 7) is 6.71. The molecule has 94 valence electrons. The quantitative estimate of drug-likeness (QED) is 0.700. The molecular formula is C11H21O4P. The van der Waals surface area contributed by atoms with Gasteiger partial charge in [-0.25, -0.2) is 0 Å². The van der Waals surface area contributed by atoms with Gasteiger partial charge in [-0.05, 0) is 12.8 Å². The predicted molar refractivity (Wildman–Crippen MR) is 62.4 cm³/mol. The van der Waals surface area contributed by atoms with E-state index in [0.717, 1.165) is 19.3 Å². The fourth-order valence-electron chi connectivity index (χ4n) is 1.37. The highest BCUT2D eigenvalue weighted by Gasteiger charge is 2.42. The Bertz CT molecular complexity index is 288. The summed E-state index contributed by atoms with van der Waals surface area (Å²) >= 11 is 0. The zero-order chi connectivity index (χ0) is 12.2. The van der Waals surface area contributed by atoms with Gasteiger partial charge >= 0.3 is 7.60 Å². The smallest absolute Gasteiger partial charge is 0.303 e. The molecule has 1 heterocycles. The van der Waals surface area contributed by atoms with E-state index in [1.807, 2.05) is 20.8 Å². The molecule has 1 rings (SSSR count). The van der Waals surface area contributed by atoms with E-state index in [4.69, 9.17) is 9.05 Å². The average molecular weight is 248 g/mol. The molecule has 0 saturated carbocycles. The molecule has 0 unspecified atom stereocenters. The molecule has 0 aromatic heterocycles. The summed E-state index contributed by atoms with van der Waals surface area (Å²) in [5.41, 5.74) is -0.480. The molecule has 0 N–H and O–H groups in total. The van der Waals surface area contributed by atoms with Crippen molar-refractivity contribution in [2.75, 3.05) is 13.2 Å². The van der Waals surface area contributed by atoms with Crippen LogP contribution in [0.1, 0.15) is 46.5 Å². The van der Waals surface area contributed by atoms with Crippen LogP contribution in [0, 0.1) is 5.41 Å². The largest absolute Gasteiger partial charge is 0.396 e. The van der Waals surface area contributed by atoms with Crippen molar-refractivity contribution >= 4 is 13.1 Å². The summed E-state index contributed by atoms with van der Waals surface area (Å²) < 4.78 is 22.5. The maximum Gasteiger partial charge on any atom is 0.396 e. The molecule has 0 aromatic rings. The first-order chi connectivity index (χ1) is 7.46. The fourth-order valence-corrected chi connectivity index (χ4v) is 3.13. The molecule has 0 aliphatic carbocycles. The second kappa shape index (κ2) is 5.44. The van der Waals surface area contributed by atoms with Crippen molar-refractivity contribution in [3.05, 3.63) is 0 Å². The van der Waals surface area contributed by atoms with Crippen LogP contribution >= 0.6 is 7.60 Å². The standard InChI is InChI=1S/C11H21O4P/c1-4-6-7-10(12)16(13)14-8-11(3,5-2)9-15-16/h4-9H2,1-3H3. The Kier molecular flexibility index (Phi) is 4.72. The van der Waals surface area contributed by atoms with Crippen LogP contribution in [0.2, 0.25) is 0 Å². The summed E-state index contributed by atoms with van der Waals surface area (Å²) in [6, 6.07) is 0. The topological polar surface area (TPSA) is 52.6 Å². The molecule has 0 bridgehead atoms. The molecule has 4 nitrogen and oxygen atoms in total. The first kappa shape index (κ1) is 13.9. The molecular weight excluding hydrogens is 227 g/mol. The molecule has 16 heavy (non-hydrogen) atoms. The lowest BCUT2D eigenvalue weighted by Gasteiger charge is -2.35. The lowest BCUT2D eigenvalue weighted by molar-refractivity contribution is -0.115. The van der Waals surface area contributed by atoms with Crippen molar-refractivity contribution in [1.29, 1.82) is 0 Å². The second-order valence-electron chi connectivity index (χ2n) is 4.71. The van der Waals surface area contributed by atoms with Crippen molar-refractivity contribution in [2.24, 2.45) is 5.41 Å². The van der Waals surface area contributed by atoms with Crippen molar-refractivity contribution in [3.63, 3.8) is 0 Å². The number of hydrogen-bond donors (Lipinski definition) is 0. The zero-order valence-electron chi connectivity index (χ0n) is 10.3. The molecule has 1 saturated heterocycles. The van der Waals surface area contributed by atoms with E-state index in [-0.39, 0.29) is 17.4 Å². The lowest BCUT2D eigenvalue weighted by Crippen LogP contribution is -2.33. The van der Waals surface area contributed by atoms with Gasteiger partial charge in [0.15, 0.2) is 0 Å². The third-order valence-corrected chi connectivity index (χ3v) is 4.84. The van der Waals surface area contributed by atoms with Gasteiger partial charge in [0.25, 0.3) is 0 Å². The molecule has 0 amide bonds. The highest BCUT2D eigenvalue weighted by molar-refractivity contribution is 7.71. The van der Waals surface area contributed by atoms with E-state index in [1.165, 1.54) is 0 Å². The Balaban J connectivity index is 2.56. The van der Waals surface area contributed by atoms with Gasteiger partial charge < -0.3 is 9.05 Å². The Morgan fingerprint density at radius 1 is 1.31 bits per heavy atom. The summed E-state index contributed by atoms with van der Waals surface area (Å²) in [7, 11) is -3.47. The first-order valence-electron chi connectivity index (χ1n) is 5.88. The highest BCUT2D eigenvalue weighted by atomic mass is 31.2. The van der Waals surface area contributed by atoms with E-state index in [1.54, 1.807) is 0 Å². The third-order valence-electron chi connectivity index (χ3n) is 3.07. The van der Waals surface area contributed by atoms with Crippen molar-refractivity contribution in [2.45, 2.75) is 46.5 Å². The molecule has 0 radical (unpaired) electrons. The normalized spacial score (nSPS) is 34.9.